The predicted molar refractivity (Wildman–Crippen MR) is 74.9 cm³/mol. The van der Waals surface area contributed by atoms with E-state index in [0.717, 1.165) is 42.4 Å². The smallest absolute Gasteiger partial charge is 0.224 e. The number of carbonyl (C=O) groups is 1. The van der Waals surface area contributed by atoms with Crippen molar-refractivity contribution in [3.8, 4) is 0 Å². The van der Waals surface area contributed by atoms with E-state index in [1.165, 1.54) is 0 Å². The fourth-order valence-corrected chi connectivity index (χ4v) is 1.80. The fraction of sp³-hybridized carbons (Fsp3) is 0.462. The molecule has 4 heteroatoms. The Morgan fingerprint density at radius 1 is 1.12 bits per heavy atom. The van der Waals surface area contributed by atoms with E-state index in [4.69, 9.17) is 5.73 Å². The lowest BCUT2D eigenvalue weighted by Crippen LogP contribution is -2.10. The van der Waals surface area contributed by atoms with E-state index < -0.39 is 0 Å². The molecular formula is C13H19BrN2O. The number of unbranched alkanes of at least 4 members (excludes halogenated alkanes) is 3. The van der Waals surface area contributed by atoms with Gasteiger partial charge in [0.15, 0.2) is 0 Å². The molecule has 0 aliphatic carbocycles. The van der Waals surface area contributed by atoms with Gasteiger partial charge in [-0.3, -0.25) is 4.79 Å². The molecule has 1 aromatic rings. The molecule has 0 spiro atoms. The summed E-state index contributed by atoms with van der Waals surface area (Å²) in [6.07, 6.45) is 4.75. The normalized spacial score (nSPS) is 10.2. The second-order valence-corrected chi connectivity index (χ2v) is 4.92. The van der Waals surface area contributed by atoms with Crippen LogP contribution in [-0.2, 0) is 4.79 Å². The van der Waals surface area contributed by atoms with Crippen molar-refractivity contribution in [2.45, 2.75) is 32.1 Å². The topological polar surface area (TPSA) is 55.1 Å². The highest BCUT2D eigenvalue weighted by atomic mass is 79.9. The molecule has 0 aromatic heterocycles. The van der Waals surface area contributed by atoms with E-state index in [2.05, 4.69) is 21.2 Å². The first kappa shape index (κ1) is 14.2. The van der Waals surface area contributed by atoms with Crippen LogP contribution in [0, 0.1) is 0 Å². The maximum Gasteiger partial charge on any atom is 0.224 e. The highest BCUT2D eigenvalue weighted by Crippen LogP contribution is 2.14. The number of rotatable bonds is 7. The monoisotopic (exact) mass is 298 g/mol. The molecule has 1 rings (SSSR count). The summed E-state index contributed by atoms with van der Waals surface area (Å²) < 4.78 is 1.01. The number of halogens is 1. The second-order valence-electron chi connectivity index (χ2n) is 4.01. The molecule has 0 bridgehead atoms. The number of carbonyl (C=O) groups excluding carboxylic acids is 1. The van der Waals surface area contributed by atoms with Gasteiger partial charge in [-0.2, -0.15) is 0 Å². The maximum atomic E-state index is 11.6. The fourth-order valence-electron chi connectivity index (χ4n) is 1.54. The van der Waals surface area contributed by atoms with Crippen LogP contribution in [0.1, 0.15) is 32.1 Å². The van der Waals surface area contributed by atoms with Crippen LogP contribution < -0.4 is 11.1 Å². The van der Waals surface area contributed by atoms with Crippen molar-refractivity contribution >= 4 is 27.5 Å². The van der Waals surface area contributed by atoms with Gasteiger partial charge >= 0.3 is 0 Å². The standard InChI is InChI=1S/C13H19BrN2O/c14-11-6-8-12(9-7-11)16-13(17)5-3-1-2-4-10-15/h6-9H,1-5,10,15H2,(H,16,17). The van der Waals surface area contributed by atoms with Crippen molar-refractivity contribution in [3.05, 3.63) is 28.7 Å². The molecule has 3 N–H and O–H groups in total. The molecule has 1 aromatic carbocycles. The molecule has 17 heavy (non-hydrogen) atoms. The van der Waals surface area contributed by atoms with E-state index in [0.29, 0.717) is 6.42 Å². The maximum absolute atomic E-state index is 11.6. The van der Waals surface area contributed by atoms with Gasteiger partial charge in [0.1, 0.15) is 0 Å². The molecule has 0 atom stereocenters. The SMILES string of the molecule is NCCCCCCC(=O)Nc1ccc(Br)cc1. The molecule has 3 nitrogen and oxygen atoms in total. The van der Waals surface area contributed by atoms with Crippen LogP contribution in [0.5, 0.6) is 0 Å². The lowest BCUT2D eigenvalue weighted by Gasteiger charge is -2.05. The van der Waals surface area contributed by atoms with Crippen LogP contribution in [0.3, 0.4) is 0 Å². The van der Waals surface area contributed by atoms with Crippen molar-refractivity contribution in [1.29, 1.82) is 0 Å². The van der Waals surface area contributed by atoms with Crippen LogP contribution in [0.2, 0.25) is 0 Å². The third-order valence-corrected chi connectivity index (χ3v) is 3.01. The quantitative estimate of drug-likeness (QED) is 0.759. The lowest BCUT2D eigenvalue weighted by atomic mass is 10.1. The summed E-state index contributed by atoms with van der Waals surface area (Å²) in [5.74, 6) is 0.0834. The minimum Gasteiger partial charge on any atom is -0.330 e. The largest absolute Gasteiger partial charge is 0.330 e. The van der Waals surface area contributed by atoms with Crippen molar-refractivity contribution in [1.82, 2.24) is 0 Å². The number of hydrogen-bond acceptors (Lipinski definition) is 2. The van der Waals surface area contributed by atoms with Crippen LogP contribution >= 0.6 is 15.9 Å². The van der Waals surface area contributed by atoms with E-state index in [-0.39, 0.29) is 5.91 Å². The summed E-state index contributed by atoms with van der Waals surface area (Å²) in [6.45, 7) is 0.741. The Morgan fingerprint density at radius 2 is 1.76 bits per heavy atom. The number of hydrogen-bond donors (Lipinski definition) is 2. The molecule has 94 valence electrons. The highest BCUT2D eigenvalue weighted by Gasteiger charge is 2.01. The zero-order valence-electron chi connectivity index (χ0n) is 9.92. The minimum absolute atomic E-state index is 0.0834. The first-order valence-corrected chi connectivity index (χ1v) is 6.77. The Labute approximate surface area is 111 Å². The van der Waals surface area contributed by atoms with Gasteiger partial charge in [-0.15, -0.1) is 0 Å². The predicted octanol–water partition coefficient (Wildman–Crippen LogP) is 3.30. The van der Waals surface area contributed by atoms with E-state index >= 15 is 0 Å². The lowest BCUT2D eigenvalue weighted by molar-refractivity contribution is -0.116. The summed E-state index contributed by atoms with van der Waals surface area (Å²) >= 11 is 3.35. The Balaban J connectivity index is 2.18. The summed E-state index contributed by atoms with van der Waals surface area (Å²) in [5, 5.41) is 2.88. The van der Waals surface area contributed by atoms with E-state index in [9.17, 15) is 4.79 Å². The number of anilines is 1. The second kappa shape index (κ2) is 8.25. The van der Waals surface area contributed by atoms with Crippen molar-refractivity contribution in [2.75, 3.05) is 11.9 Å². The van der Waals surface area contributed by atoms with Gasteiger partial charge in [0.25, 0.3) is 0 Å². The number of benzene rings is 1. The third-order valence-electron chi connectivity index (χ3n) is 2.49. The van der Waals surface area contributed by atoms with Gasteiger partial charge in [-0.1, -0.05) is 28.8 Å². The average molecular weight is 299 g/mol. The zero-order chi connectivity index (χ0) is 12.5. The Bertz CT molecular complexity index is 338. The van der Waals surface area contributed by atoms with Crippen molar-refractivity contribution in [2.24, 2.45) is 5.73 Å². The Hall–Kier alpha value is -0.870. The van der Waals surface area contributed by atoms with Crippen LogP contribution in [-0.4, -0.2) is 12.5 Å². The number of nitrogens with one attached hydrogen (secondary N) is 1. The summed E-state index contributed by atoms with van der Waals surface area (Å²) in [4.78, 5) is 11.6. The van der Waals surface area contributed by atoms with Gasteiger partial charge in [0.05, 0.1) is 0 Å². The molecular weight excluding hydrogens is 280 g/mol. The van der Waals surface area contributed by atoms with Crippen LogP contribution in [0.25, 0.3) is 0 Å². The van der Waals surface area contributed by atoms with E-state index in [1.807, 2.05) is 24.3 Å². The molecule has 0 fully saturated rings. The minimum atomic E-state index is 0.0834. The first-order chi connectivity index (χ1) is 8.22. The van der Waals surface area contributed by atoms with E-state index in [1.54, 1.807) is 0 Å². The Morgan fingerprint density at radius 3 is 2.41 bits per heavy atom. The molecule has 0 aliphatic rings. The van der Waals surface area contributed by atoms with Crippen LogP contribution in [0.15, 0.2) is 28.7 Å². The summed E-state index contributed by atoms with van der Waals surface area (Å²) in [7, 11) is 0. The molecule has 0 unspecified atom stereocenters. The average Bonchev–Trinajstić information content (AvgIpc) is 2.32. The molecule has 0 aliphatic heterocycles. The number of nitrogens with two attached hydrogens (primary N) is 1. The molecule has 0 saturated carbocycles. The third kappa shape index (κ3) is 6.44. The summed E-state index contributed by atoms with van der Waals surface area (Å²) in [6, 6.07) is 7.60. The summed E-state index contributed by atoms with van der Waals surface area (Å²) in [5.41, 5.74) is 6.25. The van der Waals surface area contributed by atoms with Gasteiger partial charge in [0, 0.05) is 16.6 Å². The van der Waals surface area contributed by atoms with Crippen LogP contribution in [0.4, 0.5) is 5.69 Å². The van der Waals surface area contributed by atoms with Gasteiger partial charge in [0.2, 0.25) is 5.91 Å². The van der Waals surface area contributed by atoms with Crippen molar-refractivity contribution < 1.29 is 4.79 Å². The first-order valence-electron chi connectivity index (χ1n) is 5.98. The van der Waals surface area contributed by atoms with Gasteiger partial charge in [-0.05, 0) is 43.7 Å². The molecule has 0 radical (unpaired) electrons. The molecule has 0 heterocycles. The molecule has 0 saturated heterocycles. The van der Waals surface area contributed by atoms with Crippen molar-refractivity contribution in [3.63, 3.8) is 0 Å². The Kier molecular flexibility index (Phi) is 6.89. The number of amides is 1. The zero-order valence-corrected chi connectivity index (χ0v) is 11.5. The van der Waals surface area contributed by atoms with Gasteiger partial charge in [-0.25, -0.2) is 0 Å². The highest BCUT2D eigenvalue weighted by molar-refractivity contribution is 9.10. The van der Waals surface area contributed by atoms with Gasteiger partial charge < -0.3 is 11.1 Å². The molecule has 1 amide bonds.